The van der Waals surface area contributed by atoms with Crippen LogP contribution >= 0.6 is 0 Å². The first-order chi connectivity index (χ1) is 12.1. The Morgan fingerprint density at radius 2 is 2.16 bits per heavy atom. The Bertz CT molecular complexity index is 898. The Morgan fingerprint density at radius 1 is 1.28 bits per heavy atom. The third-order valence-corrected chi connectivity index (χ3v) is 4.63. The summed E-state index contributed by atoms with van der Waals surface area (Å²) in [6.45, 7) is 5.97. The summed E-state index contributed by atoms with van der Waals surface area (Å²) in [4.78, 5) is 23.6. The Morgan fingerprint density at radius 3 is 2.92 bits per heavy atom. The van der Waals surface area contributed by atoms with Gasteiger partial charge in [0.1, 0.15) is 11.5 Å². The zero-order chi connectivity index (χ0) is 17.4. The topological polar surface area (TPSA) is 68.8 Å². The number of amides is 1. The lowest BCUT2D eigenvalue weighted by Gasteiger charge is -2.34. The van der Waals surface area contributed by atoms with E-state index in [1.807, 2.05) is 54.0 Å². The second kappa shape index (κ2) is 6.16. The number of aryl methyl sites for hydroxylation is 1. The minimum absolute atomic E-state index is 0.0425. The fourth-order valence-corrected chi connectivity index (χ4v) is 3.33. The molecule has 0 N–H and O–H groups in total. The minimum Gasteiger partial charge on any atom is -0.327 e. The van der Waals surface area contributed by atoms with Crippen LogP contribution in [0.4, 0.5) is 0 Å². The number of fused-ring (bicyclic) bond motifs is 1. The molecule has 0 fully saturated rings. The number of aromatic nitrogens is 5. The monoisotopic (exact) mass is 336 g/mol. The summed E-state index contributed by atoms with van der Waals surface area (Å²) >= 11 is 0. The van der Waals surface area contributed by atoms with E-state index in [0.717, 1.165) is 23.8 Å². The first kappa shape index (κ1) is 15.6. The van der Waals surface area contributed by atoms with Crippen molar-refractivity contribution in [3.05, 3.63) is 65.8 Å². The van der Waals surface area contributed by atoms with E-state index in [4.69, 9.17) is 0 Å². The SMILES string of the molecule is Cc1cccc(C(=O)N2CCn3c(Cn4cccn4)cnc3[C@H]2C)n1. The quantitative estimate of drug-likeness (QED) is 0.734. The summed E-state index contributed by atoms with van der Waals surface area (Å²) in [5, 5.41) is 4.25. The van der Waals surface area contributed by atoms with Gasteiger partial charge in [-0.15, -0.1) is 0 Å². The molecule has 0 aromatic carbocycles. The van der Waals surface area contributed by atoms with Crippen molar-refractivity contribution in [3.63, 3.8) is 0 Å². The number of carbonyl (C=O) groups is 1. The maximum atomic E-state index is 12.8. The van der Waals surface area contributed by atoms with E-state index in [1.165, 1.54) is 0 Å². The summed E-state index contributed by atoms with van der Waals surface area (Å²) in [5.41, 5.74) is 2.44. The predicted molar refractivity (Wildman–Crippen MR) is 92.0 cm³/mol. The van der Waals surface area contributed by atoms with Crippen molar-refractivity contribution in [3.8, 4) is 0 Å². The number of imidazole rings is 1. The minimum atomic E-state index is -0.0880. The van der Waals surface area contributed by atoms with Crippen molar-refractivity contribution in [1.82, 2.24) is 29.2 Å². The summed E-state index contributed by atoms with van der Waals surface area (Å²) in [5.74, 6) is 0.869. The van der Waals surface area contributed by atoms with Crippen LogP contribution < -0.4 is 0 Å². The predicted octanol–water partition coefficient (Wildman–Crippen LogP) is 2.05. The standard InChI is InChI=1S/C18H20N6O/c1-13-5-3-6-16(21-13)18(25)23-9-10-24-15(11-19-17(24)14(23)2)12-22-8-4-7-20-22/h3-8,11,14H,9-10,12H2,1-2H3/t14-/m1/s1. The number of rotatable bonds is 3. The van der Waals surface area contributed by atoms with Gasteiger partial charge in [-0.3, -0.25) is 9.48 Å². The van der Waals surface area contributed by atoms with Gasteiger partial charge in [-0.1, -0.05) is 6.07 Å². The van der Waals surface area contributed by atoms with Gasteiger partial charge >= 0.3 is 0 Å². The molecule has 4 heterocycles. The van der Waals surface area contributed by atoms with Crippen LogP contribution in [0.3, 0.4) is 0 Å². The highest BCUT2D eigenvalue weighted by Crippen LogP contribution is 2.26. The molecular weight excluding hydrogens is 316 g/mol. The average Bonchev–Trinajstić information content (AvgIpc) is 3.26. The lowest BCUT2D eigenvalue weighted by atomic mass is 10.1. The van der Waals surface area contributed by atoms with Crippen molar-refractivity contribution in [2.45, 2.75) is 33.0 Å². The number of pyridine rings is 1. The molecule has 25 heavy (non-hydrogen) atoms. The number of nitrogens with zero attached hydrogens (tertiary/aromatic N) is 6. The molecule has 7 heteroatoms. The van der Waals surface area contributed by atoms with Crippen molar-refractivity contribution in [2.24, 2.45) is 0 Å². The van der Waals surface area contributed by atoms with Gasteiger partial charge in [0.15, 0.2) is 0 Å². The molecule has 0 bridgehead atoms. The van der Waals surface area contributed by atoms with Crippen LogP contribution in [0, 0.1) is 6.92 Å². The molecule has 3 aromatic rings. The van der Waals surface area contributed by atoms with E-state index in [0.29, 0.717) is 18.8 Å². The van der Waals surface area contributed by atoms with Crippen molar-refractivity contribution in [1.29, 1.82) is 0 Å². The third-order valence-electron chi connectivity index (χ3n) is 4.63. The number of hydrogen-bond donors (Lipinski definition) is 0. The van der Waals surface area contributed by atoms with Crippen LogP contribution in [-0.4, -0.2) is 41.7 Å². The molecular formula is C18H20N6O. The molecule has 4 rings (SSSR count). The fourth-order valence-electron chi connectivity index (χ4n) is 3.33. The van der Waals surface area contributed by atoms with Crippen LogP contribution in [0.2, 0.25) is 0 Å². The lowest BCUT2D eigenvalue weighted by molar-refractivity contribution is 0.0629. The van der Waals surface area contributed by atoms with E-state index in [2.05, 4.69) is 19.6 Å². The first-order valence-corrected chi connectivity index (χ1v) is 8.40. The van der Waals surface area contributed by atoms with Crippen molar-refractivity contribution < 1.29 is 4.79 Å². The lowest BCUT2D eigenvalue weighted by Crippen LogP contribution is -2.42. The highest BCUT2D eigenvalue weighted by atomic mass is 16.2. The third kappa shape index (κ3) is 2.82. The highest BCUT2D eigenvalue weighted by Gasteiger charge is 2.31. The normalized spacial score (nSPS) is 16.7. The Kier molecular flexibility index (Phi) is 3.83. The van der Waals surface area contributed by atoms with Crippen LogP contribution in [0.5, 0.6) is 0 Å². The van der Waals surface area contributed by atoms with E-state index >= 15 is 0 Å². The smallest absolute Gasteiger partial charge is 0.273 e. The second-order valence-electron chi connectivity index (χ2n) is 6.30. The summed E-state index contributed by atoms with van der Waals surface area (Å²) in [6.07, 6.45) is 5.59. The Hall–Kier alpha value is -2.96. The molecule has 1 aliphatic rings. The van der Waals surface area contributed by atoms with Gasteiger partial charge in [-0.2, -0.15) is 5.10 Å². The molecule has 0 aliphatic carbocycles. The van der Waals surface area contributed by atoms with E-state index < -0.39 is 0 Å². The molecule has 1 amide bonds. The Balaban J connectivity index is 1.58. The zero-order valence-corrected chi connectivity index (χ0v) is 14.3. The molecule has 0 saturated carbocycles. The van der Waals surface area contributed by atoms with E-state index in [1.54, 1.807) is 12.3 Å². The van der Waals surface area contributed by atoms with Crippen LogP contribution in [-0.2, 0) is 13.1 Å². The van der Waals surface area contributed by atoms with Gasteiger partial charge in [-0.25, -0.2) is 9.97 Å². The van der Waals surface area contributed by atoms with Gasteiger partial charge in [0, 0.05) is 31.2 Å². The van der Waals surface area contributed by atoms with Gasteiger partial charge in [0.2, 0.25) is 0 Å². The van der Waals surface area contributed by atoms with Crippen LogP contribution in [0.25, 0.3) is 0 Å². The molecule has 3 aromatic heterocycles. The maximum Gasteiger partial charge on any atom is 0.273 e. The number of carbonyl (C=O) groups excluding carboxylic acids is 1. The van der Waals surface area contributed by atoms with Crippen LogP contribution in [0.15, 0.2) is 42.9 Å². The summed E-state index contributed by atoms with van der Waals surface area (Å²) in [7, 11) is 0. The van der Waals surface area contributed by atoms with E-state index in [9.17, 15) is 4.79 Å². The fraction of sp³-hybridized carbons (Fsp3) is 0.333. The molecule has 7 nitrogen and oxygen atoms in total. The molecule has 1 atom stereocenters. The molecule has 0 radical (unpaired) electrons. The largest absolute Gasteiger partial charge is 0.327 e. The van der Waals surface area contributed by atoms with Gasteiger partial charge < -0.3 is 9.47 Å². The molecule has 0 saturated heterocycles. The summed E-state index contributed by atoms with van der Waals surface area (Å²) in [6, 6.07) is 7.35. The highest BCUT2D eigenvalue weighted by molar-refractivity contribution is 5.92. The van der Waals surface area contributed by atoms with Gasteiger partial charge in [0.25, 0.3) is 5.91 Å². The molecule has 128 valence electrons. The van der Waals surface area contributed by atoms with Gasteiger partial charge in [0.05, 0.1) is 24.5 Å². The second-order valence-corrected chi connectivity index (χ2v) is 6.30. The summed E-state index contributed by atoms with van der Waals surface area (Å²) < 4.78 is 4.07. The van der Waals surface area contributed by atoms with Crippen LogP contribution in [0.1, 0.15) is 40.7 Å². The first-order valence-electron chi connectivity index (χ1n) is 8.40. The Labute approximate surface area is 145 Å². The molecule has 1 aliphatic heterocycles. The van der Waals surface area contributed by atoms with Crippen molar-refractivity contribution >= 4 is 5.91 Å². The maximum absolute atomic E-state index is 12.8. The van der Waals surface area contributed by atoms with E-state index in [-0.39, 0.29) is 11.9 Å². The molecule has 0 unspecified atom stereocenters. The molecule has 0 spiro atoms. The van der Waals surface area contributed by atoms with Gasteiger partial charge in [-0.05, 0) is 32.0 Å². The number of hydrogen-bond acceptors (Lipinski definition) is 4. The average molecular weight is 336 g/mol. The zero-order valence-electron chi connectivity index (χ0n) is 14.3. The van der Waals surface area contributed by atoms with Crippen molar-refractivity contribution in [2.75, 3.05) is 6.54 Å².